The number of amides is 1. The molecule has 7 heteroatoms. The van der Waals surface area contributed by atoms with E-state index >= 15 is 0 Å². The number of anilines is 4. The Morgan fingerprint density at radius 3 is 2.66 bits per heavy atom. The number of nitrogens with one attached hydrogen (secondary N) is 2. The molecule has 1 saturated carbocycles. The molecule has 3 heterocycles. The molecule has 0 spiro atoms. The first-order valence-electron chi connectivity index (χ1n) is 10.5. The van der Waals surface area contributed by atoms with Crippen LogP contribution < -0.4 is 15.5 Å². The Balaban J connectivity index is 1.24. The van der Waals surface area contributed by atoms with Gasteiger partial charge in [-0.2, -0.15) is 4.98 Å². The van der Waals surface area contributed by atoms with Crippen molar-refractivity contribution >= 4 is 29.0 Å². The maximum atomic E-state index is 12.2. The molecule has 152 valence electrons. The van der Waals surface area contributed by atoms with E-state index < -0.39 is 0 Å². The van der Waals surface area contributed by atoms with E-state index in [2.05, 4.69) is 49.8 Å². The third kappa shape index (κ3) is 3.73. The number of aryl methyl sites for hydroxylation is 1. The minimum Gasteiger partial charge on any atom is -0.371 e. The lowest BCUT2D eigenvalue weighted by atomic mass is 9.88. The van der Waals surface area contributed by atoms with Gasteiger partial charge < -0.3 is 20.4 Å². The van der Waals surface area contributed by atoms with Crippen molar-refractivity contribution in [1.29, 1.82) is 0 Å². The lowest BCUT2D eigenvalue weighted by molar-refractivity contribution is -0.130. The van der Waals surface area contributed by atoms with Crippen LogP contribution in [0, 0.1) is 18.8 Å². The fraction of sp³-hybridized carbons (Fsp3) is 0.500. The average molecular weight is 393 g/mol. The van der Waals surface area contributed by atoms with Gasteiger partial charge in [0, 0.05) is 67.7 Å². The molecule has 2 N–H and O–H groups in total. The molecule has 1 aromatic carbocycles. The second-order valence-corrected chi connectivity index (χ2v) is 8.64. The quantitative estimate of drug-likeness (QED) is 0.815. The lowest BCUT2D eigenvalue weighted by Crippen LogP contribution is -2.40. The molecule has 1 amide bonds. The number of nitrogens with zero attached hydrogens (tertiary/aromatic N) is 4. The van der Waals surface area contributed by atoms with Gasteiger partial charge in [-0.15, -0.1) is 0 Å². The number of hydrogen-bond donors (Lipinski definition) is 2. The molecule has 2 saturated heterocycles. The van der Waals surface area contributed by atoms with Crippen LogP contribution in [0.2, 0.25) is 0 Å². The molecule has 2 aliphatic heterocycles. The summed E-state index contributed by atoms with van der Waals surface area (Å²) in [4.78, 5) is 25.5. The Morgan fingerprint density at radius 1 is 1.10 bits per heavy atom. The van der Waals surface area contributed by atoms with Crippen LogP contribution in [0.15, 0.2) is 30.5 Å². The van der Waals surface area contributed by atoms with E-state index in [1.165, 1.54) is 18.5 Å². The first-order valence-corrected chi connectivity index (χ1v) is 10.5. The smallest absolute Gasteiger partial charge is 0.229 e. The maximum absolute atomic E-state index is 12.2. The molecule has 29 heavy (non-hydrogen) atoms. The standard InChI is InChI=1S/C22H28N6O/c1-14-11-23-22(26-20(14)24-16-3-4-16)25-17-5-7-18(8-6-17)28-10-9-19-15(13-28)12-27(2)21(19)29/h5-8,11,15-16,19H,3-4,9-10,12-13H2,1-2H3,(H2,23,24,25,26). The van der Waals surface area contributed by atoms with E-state index in [1.54, 1.807) is 0 Å². The van der Waals surface area contributed by atoms with Gasteiger partial charge in [0.25, 0.3) is 0 Å². The Kier molecular flexibility index (Phi) is 4.53. The molecular weight excluding hydrogens is 364 g/mol. The molecule has 2 atom stereocenters. The van der Waals surface area contributed by atoms with Gasteiger partial charge in [0.2, 0.25) is 11.9 Å². The molecule has 3 fully saturated rings. The summed E-state index contributed by atoms with van der Waals surface area (Å²) in [6.07, 6.45) is 5.24. The number of piperidine rings is 1. The monoisotopic (exact) mass is 392 g/mol. The lowest BCUT2D eigenvalue weighted by Gasteiger charge is -2.35. The van der Waals surface area contributed by atoms with Gasteiger partial charge in [0.15, 0.2) is 0 Å². The highest BCUT2D eigenvalue weighted by atomic mass is 16.2. The van der Waals surface area contributed by atoms with Crippen molar-refractivity contribution in [2.75, 3.05) is 42.2 Å². The van der Waals surface area contributed by atoms with Crippen LogP contribution in [-0.4, -0.2) is 53.5 Å². The third-order valence-electron chi connectivity index (χ3n) is 6.31. The van der Waals surface area contributed by atoms with Gasteiger partial charge in [0.05, 0.1) is 0 Å². The van der Waals surface area contributed by atoms with Crippen molar-refractivity contribution < 1.29 is 4.79 Å². The van der Waals surface area contributed by atoms with Crippen LogP contribution in [0.3, 0.4) is 0 Å². The second kappa shape index (κ2) is 7.21. The predicted octanol–water partition coefficient (Wildman–Crippen LogP) is 3.02. The summed E-state index contributed by atoms with van der Waals surface area (Å²) >= 11 is 0. The highest BCUT2D eigenvalue weighted by molar-refractivity contribution is 5.81. The summed E-state index contributed by atoms with van der Waals surface area (Å²) < 4.78 is 0. The summed E-state index contributed by atoms with van der Waals surface area (Å²) in [5.74, 6) is 2.51. The molecule has 1 aromatic heterocycles. The molecular formula is C22H28N6O. The third-order valence-corrected chi connectivity index (χ3v) is 6.31. The van der Waals surface area contributed by atoms with Crippen molar-refractivity contribution in [3.8, 4) is 0 Å². The van der Waals surface area contributed by atoms with Gasteiger partial charge in [-0.25, -0.2) is 4.98 Å². The van der Waals surface area contributed by atoms with E-state index in [4.69, 9.17) is 0 Å². The van der Waals surface area contributed by atoms with Crippen LogP contribution in [0.25, 0.3) is 0 Å². The maximum Gasteiger partial charge on any atom is 0.229 e. The number of rotatable bonds is 5. The second-order valence-electron chi connectivity index (χ2n) is 8.64. The Hall–Kier alpha value is -2.83. The summed E-state index contributed by atoms with van der Waals surface area (Å²) in [5.41, 5.74) is 3.25. The normalized spacial score (nSPS) is 23.9. The van der Waals surface area contributed by atoms with Gasteiger partial charge in [0.1, 0.15) is 5.82 Å². The molecule has 1 aliphatic carbocycles. The highest BCUT2D eigenvalue weighted by Crippen LogP contribution is 2.34. The van der Waals surface area contributed by atoms with Crippen molar-refractivity contribution in [1.82, 2.24) is 14.9 Å². The molecule has 5 rings (SSSR count). The summed E-state index contributed by atoms with van der Waals surface area (Å²) in [7, 11) is 1.92. The minimum absolute atomic E-state index is 0.217. The fourth-order valence-electron chi connectivity index (χ4n) is 4.46. The van der Waals surface area contributed by atoms with E-state index in [9.17, 15) is 4.79 Å². The van der Waals surface area contributed by atoms with Crippen LogP contribution in [0.4, 0.5) is 23.1 Å². The summed E-state index contributed by atoms with van der Waals surface area (Å²) in [5, 5.41) is 6.77. The number of benzene rings is 1. The van der Waals surface area contributed by atoms with E-state index in [-0.39, 0.29) is 5.92 Å². The average Bonchev–Trinajstić information content (AvgIpc) is 3.50. The van der Waals surface area contributed by atoms with Crippen molar-refractivity contribution in [2.24, 2.45) is 11.8 Å². The summed E-state index contributed by atoms with van der Waals surface area (Å²) in [6.45, 7) is 4.79. The largest absolute Gasteiger partial charge is 0.371 e. The zero-order valence-corrected chi connectivity index (χ0v) is 17.1. The van der Waals surface area contributed by atoms with Gasteiger partial charge in [-0.3, -0.25) is 4.79 Å². The first-order chi connectivity index (χ1) is 14.1. The number of likely N-dealkylation sites (tertiary alicyclic amines) is 1. The molecule has 2 aromatic rings. The Bertz CT molecular complexity index is 910. The van der Waals surface area contributed by atoms with Crippen LogP contribution in [0.1, 0.15) is 24.8 Å². The van der Waals surface area contributed by atoms with Gasteiger partial charge in [-0.05, 0) is 50.5 Å². The van der Waals surface area contributed by atoms with Crippen molar-refractivity contribution in [3.63, 3.8) is 0 Å². The zero-order valence-electron chi connectivity index (χ0n) is 17.1. The number of carbonyl (C=O) groups is 1. The minimum atomic E-state index is 0.217. The molecule has 0 bridgehead atoms. The number of aromatic nitrogens is 2. The Morgan fingerprint density at radius 2 is 1.90 bits per heavy atom. The van der Waals surface area contributed by atoms with Crippen LogP contribution >= 0.6 is 0 Å². The van der Waals surface area contributed by atoms with Crippen LogP contribution in [0.5, 0.6) is 0 Å². The molecule has 7 nitrogen and oxygen atoms in total. The van der Waals surface area contributed by atoms with Crippen molar-refractivity contribution in [2.45, 2.75) is 32.2 Å². The summed E-state index contributed by atoms with van der Waals surface area (Å²) in [6, 6.07) is 8.99. The number of hydrogen-bond acceptors (Lipinski definition) is 6. The SMILES string of the molecule is Cc1cnc(Nc2ccc(N3CCC4C(=O)N(C)CC4C3)cc2)nc1NC1CC1. The molecule has 2 unspecified atom stereocenters. The zero-order chi connectivity index (χ0) is 20.0. The van der Waals surface area contributed by atoms with Crippen molar-refractivity contribution in [3.05, 3.63) is 36.0 Å². The number of carbonyl (C=O) groups excluding carboxylic acids is 1. The van der Waals surface area contributed by atoms with E-state index in [0.717, 1.165) is 43.1 Å². The van der Waals surface area contributed by atoms with Gasteiger partial charge in [-0.1, -0.05) is 0 Å². The fourth-order valence-corrected chi connectivity index (χ4v) is 4.46. The first kappa shape index (κ1) is 18.2. The highest BCUT2D eigenvalue weighted by Gasteiger charge is 2.41. The predicted molar refractivity (Wildman–Crippen MR) is 115 cm³/mol. The van der Waals surface area contributed by atoms with Crippen LogP contribution in [-0.2, 0) is 4.79 Å². The van der Waals surface area contributed by atoms with E-state index in [1.807, 2.05) is 25.1 Å². The van der Waals surface area contributed by atoms with Gasteiger partial charge >= 0.3 is 0 Å². The topological polar surface area (TPSA) is 73.4 Å². The number of fused-ring (bicyclic) bond motifs is 1. The molecule has 0 radical (unpaired) electrons. The van der Waals surface area contributed by atoms with E-state index in [0.29, 0.717) is 23.8 Å². The Labute approximate surface area is 171 Å². The molecule has 3 aliphatic rings.